The molecule has 0 fully saturated rings. The van der Waals surface area contributed by atoms with Gasteiger partial charge in [0.05, 0.1) is 17.5 Å². The van der Waals surface area contributed by atoms with E-state index in [1.807, 2.05) is 46.8 Å². The molecule has 1 amide bonds. The van der Waals surface area contributed by atoms with Crippen molar-refractivity contribution in [2.45, 2.75) is 46.1 Å². The van der Waals surface area contributed by atoms with Gasteiger partial charge in [0.2, 0.25) is 5.91 Å². The molecule has 108 valence electrons. The summed E-state index contributed by atoms with van der Waals surface area (Å²) in [6.07, 6.45) is 0. The summed E-state index contributed by atoms with van der Waals surface area (Å²) < 4.78 is 0. The summed E-state index contributed by atoms with van der Waals surface area (Å²) in [7, 11) is 0. The lowest BCUT2D eigenvalue weighted by molar-refractivity contribution is -0.119. The molecule has 0 aliphatic heterocycles. The van der Waals surface area contributed by atoms with Crippen LogP contribution in [0.5, 0.6) is 0 Å². The third-order valence-corrected chi connectivity index (χ3v) is 3.37. The van der Waals surface area contributed by atoms with Gasteiger partial charge < -0.3 is 11.1 Å². The molecule has 4 heteroatoms. The van der Waals surface area contributed by atoms with Gasteiger partial charge in [0.1, 0.15) is 0 Å². The lowest BCUT2D eigenvalue weighted by Crippen LogP contribution is -2.45. The van der Waals surface area contributed by atoms with E-state index in [4.69, 9.17) is 11.0 Å². The third-order valence-electron chi connectivity index (χ3n) is 3.37. The van der Waals surface area contributed by atoms with E-state index in [0.29, 0.717) is 5.69 Å². The molecular formula is C16H23N3O. The zero-order valence-corrected chi connectivity index (χ0v) is 12.8. The summed E-state index contributed by atoms with van der Waals surface area (Å²) in [5.74, 6) is -0.204. The highest BCUT2D eigenvalue weighted by atomic mass is 16.2. The Morgan fingerprint density at radius 1 is 1.20 bits per heavy atom. The number of anilines is 1. The van der Waals surface area contributed by atoms with Crippen LogP contribution in [0, 0.1) is 16.7 Å². The molecule has 0 aromatic heterocycles. The molecule has 1 aromatic rings. The number of rotatable bonds is 3. The van der Waals surface area contributed by atoms with Crippen LogP contribution in [-0.2, 0) is 10.2 Å². The van der Waals surface area contributed by atoms with E-state index in [9.17, 15) is 4.79 Å². The van der Waals surface area contributed by atoms with E-state index < -0.39 is 11.5 Å². The number of carbonyl (C=O) groups is 1. The van der Waals surface area contributed by atoms with E-state index in [1.54, 1.807) is 12.1 Å². The van der Waals surface area contributed by atoms with E-state index >= 15 is 0 Å². The van der Waals surface area contributed by atoms with Gasteiger partial charge in [0.15, 0.2) is 0 Å². The van der Waals surface area contributed by atoms with Gasteiger partial charge in [0.25, 0.3) is 0 Å². The van der Waals surface area contributed by atoms with E-state index in [-0.39, 0.29) is 11.3 Å². The maximum Gasteiger partial charge on any atom is 0.241 e. The van der Waals surface area contributed by atoms with Crippen molar-refractivity contribution in [3.05, 3.63) is 29.8 Å². The van der Waals surface area contributed by atoms with Crippen molar-refractivity contribution < 1.29 is 4.79 Å². The van der Waals surface area contributed by atoms with Crippen LogP contribution in [0.3, 0.4) is 0 Å². The summed E-state index contributed by atoms with van der Waals surface area (Å²) in [5.41, 5.74) is 6.69. The Balaban J connectivity index is 2.82. The molecule has 0 aliphatic carbocycles. The first-order chi connectivity index (χ1) is 9.08. The summed E-state index contributed by atoms with van der Waals surface area (Å²) in [6.45, 7) is 9.49. The number of hydrogen-bond donors (Lipinski definition) is 2. The largest absolute Gasteiger partial charge is 0.325 e. The molecule has 1 aromatic carbocycles. The second-order valence-electron chi connectivity index (χ2n) is 6.65. The number of amides is 1. The topological polar surface area (TPSA) is 78.9 Å². The number of nitrogens with one attached hydrogen (secondary N) is 1. The SMILES string of the molecule is CC(C)(C#N)c1ccc(NC(=O)[C@H](N)C(C)(C)C)cc1. The molecule has 0 aliphatic rings. The van der Waals surface area contributed by atoms with Gasteiger partial charge in [-0.15, -0.1) is 0 Å². The molecule has 1 rings (SSSR count). The summed E-state index contributed by atoms with van der Waals surface area (Å²) in [5, 5.41) is 11.9. The van der Waals surface area contributed by atoms with E-state index in [2.05, 4.69) is 11.4 Å². The van der Waals surface area contributed by atoms with Crippen molar-refractivity contribution in [1.82, 2.24) is 0 Å². The van der Waals surface area contributed by atoms with Crippen LogP contribution in [0.15, 0.2) is 24.3 Å². The quantitative estimate of drug-likeness (QED) is 0.888. The number of benzene rings is 1. The average molecular weight is 273 g/mol. The van der Waals surface area contributed by atoms with Gasteiger partial charge in [-0.25, -0.2) is 0 Å². The lowest BCUT2D eigenvalue weighted by atomic mass is 9.86. The zero-order valence-electron chi connectivity index (χ0n) is 12.8. The Labute approximate surface area is 121 Å². The van der Waals surface area contributed by atoms with Crippen LogP contribution in [0.4, 0.5) is 5.69 Å². The monoisotopic (exact) mass is 273 g/mol. The van der Waals surface area contributed by atoms with Gasteiger partial charge >= 0.3 is 0 Å². The minimum atomic E-state index is -0.572. The summed E-state index contributed by atoms with van der Waals surface area (Å²) >= 11 is 0. The van der Waals surface area contributed by atoms with Crippen LogP contribution in [-0.4, -0.2) is 11.9 Å². The lowest BCUT2D eigenvalue weighted by Gasteiger charge is -2.26. The minimum Gasteiger partial charge on any atom is -0.325 e. The van der Waals surface area contributed by atoms with Gasteiger partial charge in [-0.2, -0.15) is 5.26 Å². The number of hydrogen-bond acceptors (Lipinski definition) is 3. The number of nitrogens with zero attached hydrogens (tertiary/aromatic N) is 1. The molecule has 4 nitrogen and oxygen atoms in total. The van der Waals surface area contributed by atoms with Crippen LogP contribution in [0.25, 0.3) is 0 Å². The summed E-state index contributed by atoms with van der Waals surface area (Å²) in [4.78, 5) is 12.0. The first-order valence-corrected chi connectivity index (χ1v) is 6.66. The van der Waals surface area contributed by atoms with Crippen molar-refractivity contribution in [2.75, 3.05) is 5.32 Å². The number of nitriles is 1. The molecule has 0 radical (unpaired) electrons. The number of carbonyl (C=O) groups excluding carboxylic acids is 1. The van der Waals surface area contributed by atoms with Crippen molar-refractivity contribution >= 4 is 11.6 Å². The van der Waals surface area contributed by atoms with E-state index in [1.165, 1.54) is 0 Å². The van der Waals surface area contributed by atoms with Gasteiger partial charge in [-0.3, -0.25) is 4.79 Å². The molecule has 3 N–H and O–H groups in total. The molecule has 0 heterocycles. The van der Waals surface area contributed by atoms with Crippen molar-refractivity contribution in [2.24, 2.45) is 11.1 Å². The first kappa shape index (κ1) is 16.2. The second-order valence-corrected chi connectivity index (χ2v) is 6.65. The molecular weight excluding hydrogens is 250 g/mol. The predicted octanol–water partition coefficient (Wildman–Crippen LogP) is 2.80. The Hall–Kier alpha value is -1.86. The standard InChI is InChI=1S/C16H23N3O/c1-15(2,3)13(18)14(20)19-12-8-6-11(7-9-12)16(4,5)10-17/h6-9,13H,18H2,1-5H3,(H,19,20)/t13-/m0/s1. The highest BCUT2D eigenvalue weighted by Gasteiger charge is 2.27. The van der Waals surface area contributed by atoms with Gasteiger partial charge in [-0.05, 0) is 37.0 Å². The molecule has 0 spiro atoms. The van der Waals surface area contributed by atoms with Crippen molar-refractivity contribution in [3.63, 3.8) is 0 Å². The van der Waals surface area contributed by atoms with Crippen LogP contribution in [0.2, 0.25) is 0 Å². The Morgan fingerprint density at radius 3 is 2.10 bits per heavy atom. The Morgan fingerprint density at radius 2 is 1.70 bits per heavy atom. The molecule has 0 bridgehead atoms. The predicted molar refractivity (Wildman–Crippen MR) is 81.1 cm³/mol. The fraction of sp³-hybridized carbons (Fsp3) is 0.500. The maximum absolute atomic E-state index is 12.0. The molecule has 0 unspecified atom stereocenters. The normalized spacial score (nSPS) is 13.4. The smallest absolute Gasteiger partial charge is 0.241 e. The van der Waals surface area contributed by atoms with Crippen LogP contribution in [0.1, 0.15) is 40.2 Å². The van der Waals surface area contributed by atoms with Gasteiger partial charge in [0, 0.05) is 5.69 Å². The van der Waals surface area contributed by atoms with Gasteiger partial charge in [-0.1, -0.05) is 32.9 Å². The fourth-order valence-electron chi connectivity index (χ4n) is 1.65. The zero-order chi connectivity index (χ0) is 15.6. The highest BCUT2D eigenvalue weighted by molar-refractivity contribution is 5.95. The Bertz CT molecular complexity index is 518. The van der Waals surface area contributed by atoms with E-state index in [0.717, 1.165) is 5.56 Å². The first-order valence-electron chi connectivity index (χ1n) is 6.66. The number of nitrogens with two attached hydrogens (primary N) is 1. The maximum atomic E-state index is 12.0. The minimum absolute atomic E-state index is 0.204. The second kappa shape index (κ2) is 5.64. The molecule has 0 saturated heterocycles. The van der Waals surface area contributed by atoms with Crippen LogP contribution >= 0.6 is 0 Å². The average Bonchev–Trinajstić information content (AvgIpc) is 2.37. The Kier molecular flexibility index (Phi) is 4.57. The third kappa shape index (κ3) is 3.82. The van der Waals surface area contributed by atoms with Crippen molar-refractivity contribution in [3.8, 4) is 6.07 Å². The fourth-order valence-corrected chi connectivity index (χ4v) is 1.65. The molecule has 1 atom stereocenters. The summed E-state index contributed by atoms with van der Waals surface area (Å²) in [6, 6.07) is 8.96. The molecule has 20 heavy (non-hydrogen) atoms. The van der Waals surface area contributed by atoms with Crippen molar-refractivity contribution in [1.29, 1.82) is 5.26 Å². The molecule has 0 saturated carbocycles. The highest BCUT2D eigenvalue weighted by Crippen LogP contribution is 2.24. The van der Waals surface area contributed by atoms with Crippen LogP contribution < -0.4 is 11.1 Å².